The maximum atomic E-state index is 3.26. The summed E-state index contributed by atoms with van der Waals surface area (Å²) in [5.41, 5.74) is 14.0. The van der Waals surface area contributed by atoms with E-state index in [0.29, 0.717) is 11.1 Å². The maximum Gasteiger partial charge on any atom is 0.130 e. The molecule has 0 amide bonds. The highest BCUT2D eigenvalue weighted by atomic mass is 28.3. The Labute approximate surface area is 214 Å². The first-order valence-corrected chi connectivity index (χ1v) is 25.2. The largest absolute Gasteiger partial charge is 0.130 e. The van der Waals surface area contributed by atoms with Gasteiger partial charge in [-0.15, -0.1) is 22.2 Å². The number of hydrogen-bond donors (Lipinski definition) is 0. The van der Waals surface area contributed by atoms with Crippen LogP contribution in [-0.4, -0.2) is 32.3 Å². The second-order valence-electron chi connectivity index (χ2n) is 11.8. The van der Waals surface area contributed by atoms with Crippen LogP contribution in [0.3, 0.4) is 0 Å². The van der Waals surface area contributed by atoms with Crippen molar-refractivity contribution in [2.45, 2.75) is 78.6 Å². The van der Waals surface area contributed by atoms with Crippen LogP contribution in [0.2, 0.25) is 78.6 Å². The van der Waals surface area contributed by atoms with E-state index in [0.717, 1.165) is 0 Å². The molecule has 0 rings (SSSR count). The summed E-state index contributed by atoms with van der Waals surface area (Å²) in [7, 11) is -6.06. The van der Waals surface area contributed by atoms with E-state index in [1.165, 1.54) is 0 Å². The van der Waals surface area contributed by atoms with Gasteiger partial charge in [0.1, 0.15) is 43.4 Å². The molecule has 0 bridgehead atoms. The summed E-state index contributed by atoms with van der Waals surface area (Å²) in [6.07, 6.45) is 0. The molecule has 0 unspecified atom stereocenters. The van der Waals surface area contributed by atoms with Crippen molar-refractivity contribution in [3.05, 3.63) is 11.1 Å². The fourth-order valence-electron chi connectivity index (χ4n) is 1.56. The van der Waals surface area contributed by atoms with Crippen molar-refractivity contribution in [3.8, 4) is 93.2 Å². The van der Waals surface area contributed by atoms with Crippen LogP contribution >= 0.6 is 0 Å². The minimum absolute atomic E-state index is 0.513. The maximum absolute atomic E-state index is 3.26. The highest BCUT2D eigenvalue weighted by Gasteiger charge is 2.08. The molecular weight excluding hydrogens is 473 g/mol. The van der Waals surface area contributed by atoms with Gasteiger partial charge in [0.15, 0.2) is 0 Å². The van der Waals surface area contributed by atoms with E-state index in [1.54, 1.807) is 0 Å². The van der Waals surface area contributed by atoms with E-state index in [1.807, 2.05) is 0 Å². The van der Waals surface area contributed by atoms with Crippen molar-refractivity contribution in [2.75, 3.05) is 0 Å². The van der Waals surface area contributed by atoms with Gasteiger partial charge in [-0.1, -0.05) is 78.6 Å². The fraction of sp³-hybridized carbons (Fsp3) is 0.400. The molecule has 0 saturated heterocycles. The van der Waals surface area contributed by atoms with Gasteiger partial charge in [-0.2, -0.15) is 0 Å². The molecule has 0 aromatic carbocycles. The van der Waals surface area contributed by atoms with Crippen LogP contribution < -0.4 is 0 Å². The molecule has 0 aromatic rings. The molecule has 0 heterocycles. The molecule has 0 fully saturated rings. The highest BCUT2D eigenvalue weighted by Crippen LogP contribution is 2.02. The lowest BCUT2D eigenvalue weighted by atomic mass is 10.1. The quantitative estimate of drug-likeness (QED) is 0.286. The molecule has 0 atom stereocenters. The lowest BCUT2D eigenvalue weighted by molar-refractivity contribution is 1.76. The first kappa shape index (κ1) is 31.1. The van der Waals surface area contributed by atoms with E-state index >= 15 is 0 Å². The predicted molar refractivity (Wildman–Crippen MR) is 163 cm³/mol. The standard InChI is InChI=1S/C30H36Si4/c1-31(2,3)25-17-13-21-29(22-14-18-26-32(4,5)6)30(23-15-19-27-33(7,8)9)24-16-20-28-34(10,11)12/h1-12H3. The lowest BCUT2D eigenvalue weighted by Gasteiger charge is -2.01. The van der Waals surface area contributed by atoms with E-state index in [4.69, 9.17) is 0 Å². The summed E-state index contributed by atoms with van der Waals surface area (Å²) in [5, 5.41) is 0. The zero-order valence-corrected chi connectivity index (χ0v) is 27.0. The molecule has 0 N–H and O–H groups in total. The number of allylic oxidation sites excluding steroid dienone is 2. The fourth-order valence-corrected chi connectivity index (χ4v) is 3.31. The van der Waals surface area contributed by atoms with Gasteiger partial charge in [-0.3, -0.25) is 0 Å². The monoisotopic (exact) mass is 508 g/mol. The SMILES string of the molecule is C[Si](C)(C)C#CC#CC(C#CC#C[Si](C)(C)C)=C(C#CC#C[Si](C)(C)C)C#CC#C[Si](C)(C)C. The van der Waals surface area contributed by atoms with E-state index < -0.39 is 32.3 Å². The van der Waals surface area contributed by atoms with Gasteiger partial charge >= 0.3 is 0 Å². The Morgan fingerprint density at radius 2 is 0.471 bits per heavy atom. The summed E-state index contributed by atoms with van der Waals surface area (Å²) in [4.78, 5) is 0. The molecule has 0 nitrogen and oxygen atoms in total. The van der Waals surface area contributed by atoms with Crippen LogP contribution in [0.5, 0.6) is 0 Å². The van der Waals surface area contributed by atoms with Gasteiger partial charge < -0.3 is 0 Å². The van der Waals surface area contributed by atoms with Crippen molar-refractivity contribution in [3.63, 3.8) is 0 Å². The Morgan fingerprint density at radius 1 is 0.294 bits per heavy atom. The number of rotatable bonds is 0. The molecule has 0 aliphatic heterocycles. The Balaban J connectivity index is 6.88. The van der Waals surface area contributed by atoms with Crippen LogP contribution in [0.1, 0.15) is 0 Å². The summed E-state index contributed by atoms with van der Waals surface area (Å²) in [5.74, 6) is 35.9. The van der Waals surface area contributed by atoms with Crippen LogP contribution in [-0.2, 0) is 0 Å². The predicted octanol–water partition coefficient (Wildman–Crippen LogP) is 5.82. The molecule has 0 aromatic heterocycles. The van der Waals surface area contributed by atoms with Gasteiger partial charge in [0, 0.05) is 0 Å². The second kappa shape index (κ2) is 13.7. The Hall–Kier alpha value is -2.91. The van der Waals surface area contributed by atoms with Crippen LogP contribution in [0.15, 0.2) is 11.1 Å². The first-order valence-electron chi connectivity index (χ1n) is 11.2. The van der Waals surface area contributed by atoms with Gasteiger partial charge in [0.05, 0.1) is 0 Å². The van der Waals surface area contributed by atoms with Gasteiger partial charge in [-0.05, 0) is 71.0 Å². The molecule has 4 heteroatoms. The highest BCUT2D eigenvalue weighted by molar-refractivity contribution is 6.85. The average molecular weight is 509 g/mol. The third-order valence-corrected chi connectivity index (χ3v) is 6.50. The zero-order valence-electron chi connectivity index (χ0n) is 23.0. The first-order chi connectivity index (χ1) is 15.4. The molecule has 172 valence electrons. The Bertz CT molecular complexity index is 1090. The van der Waals surface area contributed by atoms with Crippen LogP contribution in [0.25, 0.3) is 0 Å². The van der Waals surface area contributed by atoms with Crippen LogP contribution in [0, 0.1) is 93.2 Å². The Kier molecular flexibility index (Phi) is 12.5. The molecule has 0 saturated carbocycles. The normalized spacial score (nSPS) is 9.65. The number of hydrogen-bond acceptors (Lipinski definition) is 0. The van der Waals surface area contributed by atoms with Crippen molar-refractivity contribution in [1.29, 1.82) is 0 Å². The van der Waals surface area contributed by atoms with E-state index in [-0.39, 0.29) is 0 Å². The van der Waals surface area contributed by atoms with E-state index in [2.05, 4.69) is 172 Å². The molecule has 0 aliphatic carbocycles. The van der Waals surface area contributed by atoms with Crippen molar-refractivity contribution in [2.24, 2.45) is 0 Å². The minimum Gasteiger partial charge on any atom is -0.118 e. The summed E-state index contributed by atoms with van der Waals surface area (Å²) >= 11 is 0. The average Bonchev–Trinajstić information content (AvgIpc) is 2.62. The van der Waals surface area contributed by atoms with Crippen molar-refractivity contribution in [1.82, 2.24) is 0 Å². The van der Waals surface area contributed by atoms with Gasteiger partial charge in [0.25, 0.3) is 0 Å². The molecule has 34 heavy (non-hydrogen) atoms. The van der Waals surface area contributed by atoms with Gasteiger partial charge in [0.2, 0.25) is 0 Å². The zero-order chi connectivity index (χ0) is 26.5. The van der Waals surface area contributed by atoms with Crippen molar-refractivity contribution < 1.29 is 0 Å². The van der Waals surface area contributed by atoms with Crippen molar-refractivity contribution >= 4 is 32.3 Å². The third kappa shape index (κ3) is 21.0. The summed E-state index contributed by atoms with van der Waals surface area (Å²) in [6.45, 7) is 26.2. The third-order valence-electron chi connectivity index (χ3n) is 3.00. The van der Waals surface area contributed by atoms with Crippen LogP contribution in [0.4, 0.5) is 0 Å². The lowest BCUT2D eigenvalue weighted by Crippen LogP contribution is -2.16. The van der Waals surface area contributed by atoms with E-state index in [9.17, 15) is 0 Å². The molecule has 0 aliphatic rings. The molecule has 0 radical (unpaired) electrons. The smallest absolute Gasteiger partial charge is 0.118 e. The summed E-state index contributed by atoms with van der Waals surface area (Å²) < 4.78 is 0. The van der Waals surface area contributed by atoms with Gasteiger partial charge in [-0.25, -0.2) is 0 Å². The minimum atomic E-state index is -1.51. The Morgan fingerprint density at radius 3 is 0.618 bits per heavy atom. The molecule has 0 spiro atoms. The molecular formula is C30H36Si4. The topological polar surface area (TPSA) is 0 Å². The second-order valence-corrected chi connectivity index (χ2v) is 30.8. The summed E-state index contributed by atoms with van der Waals surface area (Å²) in [6, 6.07) is 0.